The molecule has 2 rings (SSSR count). The number of ketones is 1. The maximum atomic E-state index is 12.4. The zero-order chi connectivity index (χ0) is 14.9. The molecule has 0 spiro atoms. The second-order valence-electron chi connectivity index (χ2n) is 5.79. The van der Waals surface area contributed by atoms with Crippen molar-refractivity contribution in [3.8, 4) is 0 Å². The first kappa shape index (κ1) is 15.3. The van der Waals surface area contributed by atoms with E-state index in [2.05, 4.69) is 36.7 Å². The van der Waals surface area contributed by atoms with Gasteiger partial charge in [0.15, 0.2) is 5.78 Å². The predicted octanol–water partition coefficient (Wildman–Crippen LogP) is 5.63. The average molecular weight is 352 g/mol. The van der Waals surface area contributed by atoms with Gasteiger partial charge < -0.3 is 0 Å². The van der Waals surface area contributed by atoms with Gasteiger partial charge in [0.25, 0.3) is 0 Å². The summed E-state index contributed by atoms with van der Waals surface area (Å²) in [6.07, 6.45) is 0. The smallest absolute Gasteiger partial charge is 0.193 e. The van der Waals surface area contributed by atoms with Crippen LogP contribution in [-0.4, -0.2) is 5.78 Å². The van der Waals surface area contributed by atoms with Crippen LogP contribution in [0, 0.1) is 0 Å². The molecular weight excluding hydrogens is 336 g/mol. The Kier molecular flexibility index (Phi) is 4.36. The van der Waals surface area contributed by atoms with E-state index in [9.17, 15) is 4.79 Å². The van der Waals surface area contributed by atoms with Crippen LogP contribution in [0.25, 0.3) is 0 Å². The van der Waals surface area contributed by atoms with Crippen molar-refractivity contribution >= 4 is 33.3 Å². The molecule has 0 heterocycles. The Balaban J connectivity index is 2.31. The minimum atomic E-state index is -0.0140. The molecule has 0 aliphatic heterocycles. The minimum Gasteiger partial charge on any atom is -0.289 e. The molecule has 3 heteroatoms. The van der Waals surface area contributed by atoms with Crippen molar-refractivity contribution in [2.45, 2.75) is 26.2 Å². The van der Waals surface area contributed by atoms with Gasteiger partial charge in [-0.25, -0.2) is 0 Å². The topological polar surface area (TPSA) is 17.1 Å². The van der Waals surface area contributed by atoms with Crippen molar-refractivity contribution in [1.29, 1.82) is 0 Å². The molecule has 0 aliphatic rings. The highest BCUT2D eigenvalue weighted by Gasteiger charge is 2.15. The third-order valence-electron chi connectivity index (χ3n) is 3.19. The summed E-state index contributed by atoms with van der Waals surface area (Å²) in [4.78, 5) is 12.4. The Morgan fingerprint density at radius 1 is 1.00 bits per heavy atom. The quantitative estimate of drug-likeness (QED) is 0.641. The van der Waals surface area contributed by atoms with Gasteiger partial charge in [0.05, 0.1) is 5.02 Å². The summed E-state index contributed by atoms with van der Waals surface area (Å²) in [5.74, 6) is -0.0140. The fourth-order valence-corrected chi connectivity index (χ4v) is 2.35. The molecule has 104 valence electrons. The number of carbonyl (C=O) groups is 1. The van der Waals surface area contributed by atoms with Crippen molar-refractivity contribution in [3.05, 3.63) is 68.7 Å². The second kappa shape index (κ2) is 5.71. The lowest BCUT2D eigenvalue weighted by Crippen LogP contribution is -2.11. The Hall–Kier alpha value is -1.12. The van der Waals surface area contributed by atoms with E-state index in [4.69, 9.17) is 11.6 Å². The van der Waals surface area contributed by atoms with Gasteiger partial charge in [-0.2, -0.15) is 0 Å². The van der Waals surface area contributed by atoms with Crippen LogP contribution >= 0.6 is 27.5 Å². The maximum absolute atomic E-state index is 12.4. The van der Waals surface area contributed by atoms with E-state index in [0.29, 0.717) is 16.1 Å². The normalized spacial score (nSPS) is 11.4. The zero-order valence-corrected chi connectivity index (χ0v) is 14.0. The molecule has 0 amide bonds. The van der Waals surface area contributed by atoms with Crippen LogP contribution in [0.5, 0.6) is 0 Å². The van der Waals surface area contributed by atoms with E-state index < -0.39 is 0 Å². The van der Waals surface area contributed by atoms with Crippen LogP contribution in [0.4, 0.5) is 0 Å². The largest absolute Gasteiger partial charge is 0.289 e. The summed E-state index contributed by atoms with van der Waals surface area (Å²) >= 11 is 9.35. The highest BCUT2D eigenvalue weighted by atomic mass is 79.9. The molecule has 0 radical (unpaired) electrons. The van der Waals surface area contributed by atoms with E-state index in [1.165, 1.54) is 5.56 Å². The zero-order valence-electron chi connectivity index (χ0n) is 11.7. The molecule has 0 aliphatic carbocycles. The van der Waals surface area contributed by atoms with Crippen LogP contribution in [0.3, 0.4) is 0 Å². The molecule has 2 aromatic rings. The molecule has 0 unspecified atom stereocenters. The first-order chi connectivity index (χ1) is 9.29. The minimum absolute atomic E-state index is 0.0140. The average Bonchev–Trinajstić information content (AvgIpc) is 2.40. The molecular formula is C17H16BrClO. The Labute approximate surface area is 133 Å². The van der Waals surface area contributed by atoms with E-state index in [1.54, 1.807) is 18.2 Å². The number of hydrogen-bond donors (Lipinski definition) is 0. The highest BCUT2D eigenvalue weighted by molar-refractivity contribution is 9.10. The molecule has 0 N–H and O–H groups in total. The van der Waals surface area contributed by atoms with Crippen molar-refractivity contribution in [2.24, 2.45) is 0 Å². The van der Waals surface area contributed by atoms with Crippen LogP contribution in [0.15, 0.2) is 46.9 Å². The van der Waals surface area contributed by atoms with Crippen LogP contribution in [-0.2, 0) is 5.41 Å². The Morgan fingerprint density at radius 3 is 2.05 bits per heavy atom. The summed E-state index contributed by atoms with van der Waals surface area (Å²) in [7, 11) is 0. The van der Waals surface area contributed by atoms with Crippen molar-refractivity contribution < 1.29 is 4.79 Å². The van der Waals surface area contributed by atoms with Crippen LogP contribution in [0.2, 0.25) is 5.02 Å². The van der Waals surface area contributed by atoms with Gasteiger partial charge >= 0.3 is 0 Å². The molecule has 0 saturated heterocycles. The summed E-state index contributed by atoms with van der Waals surface area (Å²) in [6.45, 7) is 6.45. The monoisotopic (exact) mass is 350 g/mol. The van der Waals surface area contributed by atoms with E-state index in [-0.39, 0.29) is 11.2 Å². The first-order valence-electron chi connectivity index (χ1n) is 6.39. The number of carbonyl (C=O) groups excluding carboxylic acids is 1. The van der Waals surface area contributed by atoms with Gasteiger partial charge in [-0.1, -0.05) is 56.6 Å². The molecule has 1 nitrogen and oxygen atoms in total. The van der Waals surface area contributed by atoms with Gasteiger partial charge in [-0.3, -0.25) is 4.79 Å². The lowest BCUT2D eigenvalue weighted by atomic mass is 9.86. The molecule has 0 atom stereocenters. The third-order valence-corrected chi connectivity index (χ3v) is 4.43. The van der Waals surface area contributed by atoms with Crippen molar-refractivity contribution in [3.63, 3.8) is 0 Å². The van der Waals surface area contributed by atoms with Crippen molar-refractivity contribution in [2.75, 3.05) is 0 Å². The van der Waals surface area contributed by atoms with Crippen LogP contribution < -0.4 is 0 Å². The Bertz CT molecular complexity index is 639. The highest BCUT2D eigenvalue weighted by Crippen LogP contribution is 2.26. The van der Waals surface area contributed by atoms with E-state index in [1.807, 2.05) is 24.3 Å². The fourth-order valence-electron chi connectivity index (χ4n) is 1.93. The molecule has 0 fully saturated rings. The molecule has 2 aromatic carbocycles. The van der Waals surface area contributed by atoms with E-state index in [0.717, 1.165) is 4.47 Å². The summed E-state index contributed by atoms with van der Waals surface area (Å²) in [5, 5.41) is 0.544. The Morgan fingerprint density at radius 2 is 1.55 bits per heavy atom. The van der Waals surface area contributed by atoms with Gasteiger partial charge in [-0.05, 0) is 45.1 Å². The van der Waals surface area contributed by atoms with Gasteiger partial charge in [0.2, 0.25) is 0 Å². The van der Waals surface area contributed by atoms with E-state index >= 15 is 0 Å². The lowest BCUT2D eigenvalue weighted by molar-refractivity contribution is 0.103. The number of hydrogen-bond acceptors (Lipinski definition) is 1. The summed E-state index contributed by atoms with van der Waals surface area (Å²) < 4.78 is 0.791. The maximum Gasteiger partial charge on any atom is 0.193 e. The van der Waals surface area contributed by atoms with Gasteiger partial charge in [-0.15, -0.1) is 0 Å². The summed E-state index contributed by atoms with van der Waals surface area (Å²) in [5.41, 5.74) is 2.57. The first-order valence-corrected chi connectivity index (χ1v) is 7.56. The standard InChI is InChI=1S/C17H16BrClO/c1-17(2,3)13-7-4-11(5-8-13)16(20)12-6-9-14(18)15(19)10-12/h4-10H,1-3H3. The van der Waals surface area contributed by atoms with Gasteiger partial charge in [0.1, 0.15) is 0 Å². The SMILES string of the molecule is CC(C)(C)c1ccc(C(=O)c2ccc(Br)c(Cl)c2)cc1. The second-order valence-corrected chi connectivity index (χ2v) is 7.05. The molecule has 0 aromatic heterocycles. The number of rotatable bonds is 2. The number of halogens is 2. The van der Waals surface area contributed by atoms with Crippen LogP contribution in [0.1, 0.15) is 42.3 Å². The van der Waals surface area contributed by atoms with Crippen molar-refractivity contribution in [1.82, 2.24) is 0 Å². The molecule has 0 saturated carbocycles. The molecule has 0 bridgehead atoms. The molecule has 20 heavy (non-hydrogen) atoms. The lowest BCUT2D eigenvalue weighted by Gasteiger charge is -2.19. The number of benzene rings is 2. The summed E-state index contributed by atoms with van der Waals surface area (Å²) in [6, 6.07) is 13.0. The fraction of sp³-hybridized carbons (Fsp3) is 0.235. The predicted molar refractivity (Wildman–Crippen MR) is 87.7 cm³/mol. The van der Waals surface area contributed by atoms with Gasteiger partial charge in [0, 0.05) is 15.6 Å². The third kappa shape index (κ3) is 3.31.